The van der Waals surface area contributed by atoms with Crippen LogP contribution in [-0.4, -0.2) is 37.9 Å². The number of carbonyl (C=O) groups excluding carboxylic acids is 2. The van der Waals surface area contributed by atoms with Crippen LogP contribution in [0.25, 0.3) is 11.3 Å². The van der Waals surface area contributed by atoms with E-state index in [9.17, 15) is 9.59 Å². The standard InChI is InChI=1S/C25H23N7O2/c33-22-14-18-15-28-25(31-23(18)20-4-1-2-5-21(20)30-22)29-19-8-6-17(7-9-19)24(34)27-10-3-12-32-13-11-26-16-32/h1-2,4-9,11,13,15-16H,3,10,12,14H2,(H,27,34)(H,30,33)(H,28,29,31). The van der Waals surface area contributed by atoms with Crippen LogP contribution in [0, 0.1) is 0 Å². The van der Waals surface area contributed by atoms with Gasteiger partial charge in [-0.25, -0.2) is 15.0 Å². The SMILES string of the molecule is O=C1Cc2cnc(Nc3ccc(C(=O)NCCCn4ccnc4)cc3)nc2-c2ccccc2N1. The average molecular weight is 454 g/mol. The fourth-order valence-electron chi connectivity index (χ4n) is 3.81. The predicted molar refractivity (Wildman–Crippen MR) is 129 cm³/mol. The van der Waals surface area contributed by atoms with E-state index in [2.05, 4.69) is 30.9 Å². The van der Waals surface area contributed by atoms with Crippen LogP contribution in [-0.2, 0) is 17.8 Å². The van der Waals surface area contributed by atoms with Crippen molar-refractivity contribution in [3.05, 3.63) is 84.6 Å². The second-order valence-electron chi connectivity index (χ2n) is 7.95. The summed E-state index contributed by atoms with van der Waals surface area (Å²) in [5, 5.41) is 9.03. The van der Waals surface area contributed by atoms with Gasteiger partial charge in [-0.3, -0.25) is 9.59 Å². The number of benzene rings is 2. The van der Waals surface area contributed by atoms with E-state index in [1.807, 2.05) is 47.2 Å². The Morgan fingerprint density at radius 2 is 1.97 bits per heavy atom. The molecule has 0 unspecified atom stereocenters. The molecule has 9 heteroatoms. The molecule has 1 aliphatic rings. The van der Waals surface area contributed by atoms with Crippen molar-refractivity contribution < 1.29 is 9.59 Å². The van der Waals surface area contributed by atoms with Crippen LogP contribution >= 0.6 is 0 Å². The van der Waals surface area contributed by atoms with Crippen LogP contribution in [0.4, 0.5) is 17.3 Å². The fraction of sp³-hybridized carbons (Fsp3) is 0.160. The van der Waals surface area contributed by atoms with Gasteiger partial charge in [0.05, 0.1) is 24.1 Å². The molecule has 0 saturated carbocycles. The molecule has 0 atom stereocenters. The van der Waals surface area contributed by atoms with E-state index < -0.39 is 0 Å². The van der Waals surface area contributed by atoms with Crippen LogP contribution in [0.5, 0.6) is 0 Å². The van der Waals surface area contributed by atoms with Crippen LogP contribution < -0.4 is 16.0 Å². The number of hydrogen-bond donors (Lipinski definition) is 3. The maximum absolute atomic E-state index is 12.4. The van der Waals surface area contributed by atoms with Crippen molar-refractivity contribution in [1.29, 1.82) is 0 Å². The minimum atomic E-state index is -0.118. The molecule has 0 radical (unpaired) electrons. The normalized spacial score (nSPS) is 12.2. The summed E-state index contributed by atoms with van der Waals surface area (Å²) < 4.78 is 1.98. The van der Waals surface area contributed by atoms with Gasteiger partial charge in [0.15, 0.2) is 0 Å². The summed E-state index contributed by atoms with van der Waals surface area (Å²) in [7, 11) is 0. The highest BCUT2D eigenvalue weighted by atomic mass is 16.2. The van der Waals surface area contributed by atoms with E-state index in [4.69, 9.17) is 0 Å². The highest BCUT2D eigenvalue weighted by molar-refractivity contribution is 6.00. The third-order valence-electron chi connectivity index (χ3n) is 5.51. The summed E-state index contributed by atoms with van der Waals surface area (Å²) in [6.45, 7) is 1.39. The maximum Gasteiger partial charge on any atom is 0.251 e. The second kappa shape index (κ2) is 9.53. The molecule has 3 N–H and O–H groups in total. The Hall–Kier alpha value is -4.53. The number of hydrogen-bond acceptors (Lipinski definition) is 6. The smallest absolute Gasteiger partial charge is 0.251 e. The minimum Gasteiger partial charge on any atom is -0.352 e. The number of rotatable bonds is 7. The number of aryl methyl sites for hydroxylation is 1. The van der Waals surface area contributed by atoms with E-state index in [1.165, 1.54) is 0 Å². The number of aromatic nitrogens is 4. The first kappa shape index (κ1) is 21.3. The number of nitrogens with zero attached hydrogens (tertiary/aromatic N) is 4. The van der Waals surface area contributed by atoms with Gasteiger partial charge in [-0.2, -0.15) is 0 Å². The number of fused-ring (bicyclic) bond motifs is 3. The Labute approximate surface area is 196 Å². The molecule has 0 spiro atoms. The zero-order chi connectivity index (χ0) is 23.3. The van der Waals surface area contributed by atoms with E-state index >= 15 is 0 Å². The largest absolute Gasteiger partial charge is 0.352 e. The molecule has 2 aromatic carbocycles. The summed E-state index contributed by atoms with van der Waals surface area (Å²) in [6.07, 6.45) is 8.12. The number of anilines is 3. The number of carbonyl (C=O) groups is 2. The molecule has 1 aliphatic heterocycles. The van der Waals surface area contributed by atoms with Gasteiger partial charge >= 0.3 is 0 Å². The first-order valence-electron chi connectivity index (χ1n) is 11.0. The van der Waals surface area contributed by atoms with Crippen molar-refractivity contribution in [2.45, 2.75) is 19.4 Å². The number of amides is 2. The Balaban J connectivity index is 1.24. The van der Waals surface area contributed by atoms with E-state index in [0.717, 1.165) is 41.2 Å². The zero-order valence-electron chi connectivity index (χ0n) is 18.4. The first-order chi connectivity index (χ1) is 16.7. The highest BCUT2D eigenvalue weighted by Crippen LogP contribution is 2.32. The lowest BCUT2D eigenvalue weighted by Crippen LogP contribution is -2.25. The lowest BCUT2D eigenvalue weighted by molar-refractivity contribution is -0.115. The van der Waals surface area contributed by atoms with Gasteiger partial charge in [0.25, 0.3) is 5.91 Å². The molecular formula is C25H23N7O2. The second-order valence-corrected chi connectivity index (χ2v) is 7.95. The van der Waals surface area contributed by atoms with Gasteiger partial charge < -0.3 is 20.5 Å². The molecular weight excluding hydrogens is 430 g/mol. The van der Waals surface area contributed by atoms with Crippen molar-refractivity contribution in [3.63, 3.8) is 0 Å². The Morgan fingerprint density at radius 3 is 2.79 bits per heavy atom. The molecule has 34 heavy (non-hydrogen) atoms. The summed E-state index contributed by atoms with van der Waals surface area (Å²) in [4.78, 5) is 37.6. The fourth-order valence-corrected chi connectivity index (χ4v) is 3.81. The third-order valence-corrected chi connectivity index (χ3v) is 5.51. The first-order valence-corrected chi connectivity index (χ1v) is 11.0. The van der Waals surface area contributed by atoms with Gasteiger partial charge in [-0.15, -0.1) is 0 Å². The van der Waals surface area contributed by atoms with Gasteiger partial charge in [-0.05, 0) is 36.8 Å². The quantitative estimate of drug-likeness (QED) is 0.370. The molecule has 5 rings (SSSR count). The number of para-hydroxylation sites is 1. The van der Waals surface area contributed by atoms with Gasteiger partial charge in [0.2, 0.25) is 11.9 Å². The van der Waals surface area contributed by atoms with Gasteiger partial charge in [0, 0.05) is 54.1 Å². The summed E-state index contributed by atoms with van der Waals surface area (Å²) in [5.41, 5.74) is 4.42. The highest BCUT2D eigenvalue weighted by Gasteiger charge is 2.20. The van der Waals surface area contributed by atoms with Gasteiger partial charge in [-0.1, -0.05) is 18.2 Å². The summed E-state index contributed by atoms with van der Waals surface area (Å²) in [5.74, 6) is 0.206. The number of imidazole rings is 1. The van der Waals surface area contributed by atoms with Crippen molar-refractivity contribution in [1.82, 2.24) is 24.8 Å². The maximum atomic E-state index is 12.4. The average Bonchev–Trinajstić information content (AvgIpc) is 3.32. The molecule has 0 aliphatic carbocycles. The van der Waals surface area contributed by atoms with Crippen molar-refractivity contribution in [2.75, 3.05) is 17.2 Å². The van der Waals surface area contributed by atoms with Gasteiger partial charge in [0.1, 0.15) is 0 Å². The molecule has 170 valence electrons. The van der Waals surface area contributed by atoms with Crippen LogP contribution in [0.2, 0.25) is 0 Å². The van der Waals surface area contributed by atoms with E-state index in [0.29, 0.717) is 18.1 Å². The molecule has 2 aromatic heterocycles. The zero-order valence-corrected chi connectivity index (χ0v) is 18.4. The predicted octanol–water partition coefficient (Wildman–Crippen LogP) is 3.40. The summed E-state index contributed by atoms with van der Waals surface area (Å²) in [6, 6.07) is 14.7. The lowest BCUT2D eigenvalue weighted by atomic mass is 10.1. The van der Waals surface area contributed by atoms with E-state index in [-0.39, 0.29) is 18.2 Å². The monoisotopic (exact) mass is 453 g/mol. The minimum absolute atomic E-state index is 0.0916. The Bertz CT molecular complexity index is 1320. The topological polar surface area (TPSA) is 114 Å². The molecule has 9 nitrogen and oxygen atoms in total. The third kappa shape index (κ3) is 4.78. The van der Waals surface area contributed by atoms with Crippen molar-refractivity contribution >= 4 is 29.1 Å². The Morgan fingerprint density at radius 1 is 1.12 bits per heavy atom. The molecule has 3 heterocycles. The molecule has 0 bridgehead atoms. The molecule has 0 saturated heterocycles. The van der Waals surface area contributed by atoms with Crippen LogP contribution in [0.1, 0.15) is 22.3 Å². The van der Waals surface area contributed by atoms with Crippen LogP contribution in [0.15, 0.2) is 73.4 Å². The van der Waals surface area contributed by atoms with Crippen LogP contribution in [0.3, 0.4) is 0 Å². The van der Waals surface area contributed by atoms with Crippen molar-refractivity contribution in [3.8, 4) is 11.3 Å². The Kier molecular flexibility index (Phi) is 5.98. The molecule has 2 amide bonds. The summed E-state index contributed by atoms with van der Waals surface area (Å²) >= 11 is 0. The number of nitrogens with one attached hydrogen (secondary N) is 3. The van der Waals surface area contributed by atoms with Crippen molar-refractivity contribution in [2.24, 2.45) is 0 Å². The lowest BCUT2D eigenvalue weighted by Gasteiger charge is -2.11. The molecule has 0 fully saturated rings. The molecule has 4 aromatic rings. The van der Waals surface area contributed by atoms with E-state index in [1.54, 1.807) is 30.9 Å².